The van der Waals surface area contributed by atoms with Gasteiger partial charge in [0, 0.05) is 0 Å². The molecule has 0 spiro atoms. The minimum absolute atomic E-state index is 0.500. The summed E-state index contributed by atoms with van der Waals surface area (Å²) >= 11 is 0. The molecule has 40 valence electrons. The van der Waals surface area contributed by atoms with Crippen LogP contribution in [0.1, 0.15) is 0 Å². The molecule has 0 saturated heterocycles. The minimum atomic E-state index is 0.500. The molecule has 1 heterocycles. The van der Waals surface area contributed by atoms with Crippen molar-refractivity contribution < 1.29 is 0 Å². The molecule has 0 aliphatic rings. The average molecular weight is 108 g/mol. The molecular weight excluding hydrogens is 104 g/mol. The third kappa shape index (κ3) is 0.841. The van der Waals surface area contributed by atoms with Gasteiger partial charge in [0.15, 0.2) is 5.82 Å². The lowest BCUT2D eigenvalue weighted by Crippen LogP contribution is -1.79. The molecule has 0 unspecified atom stereocenters. The monoisotopic (exact) mass is 108 g/mol. The van der Waals surface area contributed by atoms with Crippen LogP contribution in [0.2, 0.25) is 0 Å². The minimum Gasteiger partial charge on any atom is -0.244 e. The molecule has 0 N–H and O–H groups in total. The number of rotatable bonds is 1. The average Bonchev–Trinajstić information content (AvgIpc) is 1.90. The molecule has 8 heavy (non-hydrogen) atoms. The molecule has 0 saturated carbocycles. The fourth-order valence-electron chi connectivity index (χ4n) is 0.315. The van der Waals surface area contributed by atoms with Gasteiger partial charge in [-0.15, -0.1) is 5.10 Å². The van der Waals surface area contributed by atoms with Gasteiger partial charge in [0.05, 0.1) is 6.20 Å². The normalized spacial score (nSPS) is 8.50. The second-order valence-electron chi connectivity index (χ2n) is 1.12. The zero-order chi connectivity index (χ0) is 5.82. The molecule has 0 radical (unpaired) electrons. The molecule has 0 aromatic carbocycles. The van der Waals surface area contributed by atoms with Gasteiger partial charge in [-0.05, 0) is 6.72 Å². The predicted octanol–water partition coefficient (Wildman–Crippen LogP) is 0.204. The molecule has 0 aliphatic carbocycles. The van der Waals surface area contributed by atoms with Crippen LogP contribution < -0.4 is 0 Å². The Morgan fingerprint density at radius 3 is 2.75 bits per heavy atom. The second kappa shape index (κ2) is 2.11. The van der Waals surface area contributed by atoms with E-state index in [0.717, 1.165) is 0 Å². The van der Waals surface area contributed by atoms with Crippen LogP contribution in [0, 0.1) is 0 Å². The standard InChI is InChI=1S/C4H4N4/c1-5-4-2-7-8-3-6-4/h2-3H,1H2. The largest absolute Gasteiger partial charge is 0.244 e. The van der Waals surface area contributed by atoms with E-state index in [9.17, 15) is 0 Å². The van der Waals surface area contributed by atoms with Gasteiger partial charge in [-0.1, -0.05) is 0 Å². The summed E-state index contributed by atoms with van der Waals surface area (Å²) in [5, 5.41) is 6.95. The molecule has 0 aliphatic heterocycles. The fourth-order valence-corrected chi connectivity index (χ4v) is 0.315. The van der Waals surface area contributed by atoms with E-state index in [0.29, 0.717) is 5.82 Å². The van der Waals surface area contributed by atoms with E-state index in [1.54, 1.807) is 0 Å². The first-order valence-electron chi connectivity index (χ1n) is 2.03. The maximum atomic E-state index is 3.69. The summed E-state index contributed by atoms with van der Waals surface area (Å²) in [5.74, 6) is 0.500. The number of nitrogens with zero attached hydrogens (tertiary/aromatic N) is 4. The molecule has 0 amide bonds. The summed E-state index contributed by atoms with van der Waals surface area (Å²) < 4.78 is 0. The van der Waals surface area contributed by atoms with Crippen molar-refractivity contribution in [3.8, 4) is 0 Å². The third-order valence-corrected chi connectivity index (χ3v) is 0.644. The fraction of sp³-hybridized carbons (Fsp3) is 0. The van der Waals surface area contributed by atoms with E-state index in [2.05, 4.69) is 26.9 Å². The maximum Gasteiger partial charge on any atom is 0.173 e. The van der Waals surface area contributed by atoms with Crippen LogP contribution >= 0.6 is 0 Å². The van der Waals surface area contributed by atoms with E-state index in [-0.39, 0.29) is 0 Å². The van der Waals surface area contributed by atoms with Crippen molar-refractivity contribution in [1.82, 2.24) is 15.2 Å². The van der Waals surface area contributed by atoms with E-state index in [1.165, 1.54) is 12.5 Å². The van der Waals surface area contributed by atoms with Crippen molar-refractivity contribution in [2.24, 2.45) is 4.99 Å². The van der Waals surface area contributed by atoms with Crippen molar-refractivity contribution in [2.75, 3.05) is 0 Å². The van der Waals surface area contributed by atoms with Crippen LogP contribution in [0.3, 0.4) is 0 Å². The Morgan fingerprint density at radius 1 is 1.50 bits per heavy atom. The maximum absolute atomic E-state index is 3.69. The van der Waals surface area contributed by atoms with E-state index in [1.807, 2.05) is 0 Å². The number of aliphatic imine (C=N–C) groups is 1. The van der Waals surface area contributed by atoms with Crippen LogP contribution in [-0.4, -0.2) is 21.9 Å². The molecule has 0 fully saturated rings. The van der Waals surface area contributed by atoms with Gasteiger partial charge in [0.25, 0.3) is 0 Å². The van der Waals surface area contributed by atoms with E-state index < -0.39 is 0 Å². The SMILES string of the molecule is C=Nc1cnncn1. The Kier molecular flexibility index (Phi) is 1.27. The van der Waals surface area contributed by atoms with Gasteiger partial charge in [0.2, 0.25) is 0 Å². The van der Waals surface area contributed by atoms with Crippen LogP contribution in [0.25, 0.3) is 0 Å². The molecule has 1 aromatic heterocycles. The Labute approximate surface area is 46.3 Å². The van der Waals surface area contributed by atoms with Gasteiger partial charge in [-0.25, -0.2) is 9.98 Å². The number of aromatic nitrogens is 3. The third-order valence-electron chi connectivity index (χ3n) is 0.644. The molecule has 1 aromatic rings. The van der Waals surface area contributed by atoms with Gasteiger partial charge >= 0.3 is 0 Å². The molecule has 4 heteroatoms. The van der Waals surface area contributed by atoms with Gasteiger partial charge in [-0.3, -0.25) is 0 Å². The Hall–Kier alpha value is -1.32. The lowest BCUT2D eigenvalue weighted by Gasteiger charge is -1.82. The van der Waals surface area contributed by atoms with Gasteiger partial charge in [0.1, 0.15) is 6.33 Å². The summed E-state index contributed by atoms with van der Waals surface area (Å²) in [6.07, 6.45) is 2.76. The van der Waals surface area contributed by atoms with Gasteiger partial charge < -0.3 is 0 Å². The Balaban J connectivity index is 2.99. The first kappa shape index (κ1) is 4.83. The topological polar surface area (TPSA) is 51.0 Å². The Morgan fingerprint density at radius 2 is 2.38 bits per heavy atom. The molecule has 0 bridgehead atoms. The summed E-state index contributed by atoms with van der Waals surface area (Å²) in [5.41, 5.74) is 0. The van der Waals surface area contributed by atoms with Crippen molar-refractivity contribution in [2.45, 2.75) is 0 Å². The summed E-state index contributed by atoms with van der Waals surface area (Å²) in [6, 6.07) is 0. The van der Waals surface area contributed by atoms with E-state index in [4.69, 9.17) is 0 Å². The highest BCUT2D eigenvalue weighted by atomic mass is 15.1. The van der Waals surface area contributed by atoms with Gasteiger partial charge in [-0.2, -0.15) is 5.10 Å². The molecular formula is C4H4N4. The van der Waals surface area contributed by atoms with Crippen molar-refractivity contribution in [1.29, 1.82) is 0 Å². The van der Waals surface area contributed by atoms with E-state index >= 15 is 0 Å². The smallest absolute Gasteiger partial charge is 0.173 e. The molecule has 1 rings (SSSR count). The highest BCUT2D eigenvalue weighted by Gasteiger charge is 1.81. The van der Waals surface area contributed by atoms with Crippen molar-refractivity contribution in [3.05, 3.63) is 12.5 Å². The second-order valence-corrected chi connectivity index (χ2v) is 1.12. The quantitative estimate of drug-likeness (QED) is 0.483. The highest BCUT2D eigenvalue weighted by Crippen LogP contribution is 1.96. The first-order chi connectivity index (χ1) is 3.93. The van der Waals surface area contributed by atoms with Crippen molar-refractivity contribution >= 4 is 12.5 Å². The van der Waals surface area contributed by atoms with Crippen molar-refractivity contribution in [3.63, 3.8) is 0 Å². The van der Waals surface area contributed by atoms with Crippen LogP contribution in [0.5, 0.6) is 0 Å². The van der Waals surface area contributed by atoms with Crippen LogP contribution in [0.15, 0.2) is 17.5 Å². The Bertz CT molecular complexity index is 171. The molecule has 4 nitrogen and oxygen atoms in total. The zero-order valence-electron chi connectivity index (χ0n) is 4.15. The number of hydrogen-bond acceptors (Lipinski definition) is 4. The lowest BCUT2D eigenvalue weighted by molar-refractivity contribution is 0.967. The highest BCUT2D eigenvalue weighted by molar-refractivity contribution is 5.36. The first-order valence-corrected chi connectivity index (χ1v) is 2.03. The summed E-state index contributed by atoms with van der Waals surface area (Å²) in [4.78, 5) is 7.20. The lowest BCUT2D eigenvalue weighted by atomic mass is 10.7. The van der Waals surface area contributed by atoms with Crippen LogP contribution in [-0.2, 0) is 0 Å². The predicted molar refractivity (Wildman–Crippen MR) is 29.0 cm³/mol. The summed E-state index contributed by atoms with van der Waals surface area (Å²) in [7, 11) is 0. The molecule has 0 atom stereocenters. The number of hydrogen-bond donors (Lipinski definition) is 0. The van der Waals surface area contributed by atoms with Crippen LogP contribution in [0.4, 0.5) is 5.82 Å². The summed E-state index contributed by atoms with van der Waals surface area (Å²) in [6.45, 7) is 3.25. The zero-order valence-corrected chi connectivity index (χ0v) is 4.15.